The van der Waals surface area contributed by atoms with Crippen LogP contribution in [0.3, 0.4) is 0 Å². The molecule has 3 heteroatoms. The van der Waals surface area contributed by atoms with Crippen LogP contribution in [0.2, 0.25) is 0 Å². The van der Waals surface area contributed by atoms with E-state index in [2.05, 4.69) is 0 Å². The monoisotopic (exact) mass is 230 g/mol. The molecule has 0 saturated heterocycles. The quantitative estimate of drug-likeness (QED) is 0.643. The zero-order valence-corrected chi connectivity index (χ0v) is 11.4. The molecule has 0 aromatic carbocycles. The maximum atomic E-state index is 11.1. The molecule has 0 aliphatic carbocycles. The molecule has 4 atom stereocenters. The van der Waals surface area contributed by atoms with Crippen molar-refractivity contribution in [3.8, 4) is 0 Å². The number of methoxy groups -OCH3 is 1. The van der Waals surface area contributed by atoms with Gasteiger partial charge in [-0.25, -0.2) is 0 Å². The first-order valence-electron chi connectivity index (χ1n) is 6.05. The molecule has 0 N–H and O–H groups in total. The maximum Gasteiger partial charge on any atom is 0.132 e. The molecule has 0 radical (unpaired) electrons. The van der Waals surface area contributed by atoms with E-state index >= 15 is 0 Å². The van der Waals surface area contributed by atoms with E-state index in [0.29, 0.717) is 0 Å². The molecule has 0 fully saturated rings. The highest BCUT2D eigenvalue weighted by molar-refractivity contribution is 5.77. The number of hydrogen-bond acceptors (Lipinski definition) is 3. The van der Waals surface area contributed by atoms with Gasteiger partial charge in [0.15, 0.2) is 0 Å². The Kier molecular flexibility index (Phi) is 7.60. The summed E-state index contributed by atoms with van der Waals surface area (Å²) in [4.78, 5) is 11.1. The van der Waals surface area contributed by atoms with Crippen LogP contribution in [-0.2, 0) is 14.3 Å². The maximum absolute atomic E-state index is 11.1. The largest absolute Gasteiger partial charge is 0.382 e. The molecular weight excluding hydrogens is 204 g/mol. The fourth-order valence-corrected chi connectivity index (χ4v) is 1.74. The fraction of sp³-hybridized carbons (Fsp3) is 0.923. The smallest absolute Gasteiger partial charge is 0.132 e. The lowest BCUT2D eigenvalue weighted by Crippen LogP contribution is -2.24. The first-order chi connectivity index (χ1) is 7.36. The Morgan fingerprint density at radius 2 is 1.50 bits per heavy atom. The van der Waals surface area contributed by atoms with E-state index in [1.165, 1.54) is 0 Å². The van der Waals surface area contributed by atoms with Gasteiger partial charge in [0.1, 0.15) is 5.78 Å². The van der Waals surface area contributed by atoms with E-state index < -0.39 is 0 Å². The van der Waals surface area contributed by atoms with E-state index in [9.17, 15) is 4.79 Å². The molecule has 96 valence electrons. The molecular formula is C13H26O3. The van der Waals surface area contributed by atoms with Gasteiger partial charge in [-0.1, -0.05) is 6.92 Å². The number of Topliss-reactive ketones (excluding diaryl/α,β-unsaturated/α-hetero) is 1. The van der Waals surface area contributed by atoms with Gasteiger partial charge in [0.2, 0.25) is 0 Å². The van der Waals surface area contributed by atoms with Crippen molar-refractivity contribution in [1.82, 2.24) is 0 Å². The number of ether oxygens (including phenoxy) is 2. The van der Waals surface area contributed by atoms with Gasteiger partial charge in [0.05, 0.1) is 18.3 Å². The standard InChI is InChI=1S/C13H26O3/c1-9(13(5)14)7-11(3)16-12(4)8-10(2)15-6/h9-12H,7-8H2,1-6H3. The minimum atomic E-state index is 0.0852. The molecule has 0 aromatic heterocycles. The molecule has 0 bridgehead atoms. The molecule has 0 aliphatic rings. The van der Waals surface area contributed by atoms with Gasteiger partial charge < -0.3 is 9.47 Å². The zero-order chi connectivity index (χ0) is 12.7. The zero-order valence-electron chi connectivity index (χ0n) is 11.4. The third-order valence-electron chi connectivity index (χ3n) is 2.91. The van der Waals surface area contributed by atoms with E-state index in [1.54, 1.807) is 14.0 Å². The topological polar surface area (TPSA) is 35.5 Å². The molecule has 0 aliphatic heterocycles. The van der Waals surface area contributed by atoms with E-state index in [1.807, 2.05) is 27.7 Å². The lowest BCUT2D eigenvalue weighted by Gasteiger charge is -2.22. The van der Waals surface area contributed by atoms with Crippen LogP contribution in [0.1, 0.15) is 47.5 Å². The Bertz CT molecular complexity index is 203. The predicted molar refractivity (Wildman–Crippen MR) is 65.6 cm³/mol. The molecule has 0 amide bonds. The Morgan fingerprint density at radius 3 is 1.94 bits per heavy atom. The fourth-order valence-electron chi connectivity index (χ4n) is 1.74. The minimum absolute atomic E-state index is 0.0852. The lowest BCUT2D eigenvalue weighted by molar-refractivity contribution is -0.122. The van der Waals surface area contributed by atoms with Crippen molar-refractivity contribution in [3.63, 3.8) is 0 Å². The summed E-state index contributed by atoms with van der Waals surface area (Å²) >= 11 is 0. The second-order valence-corrected chi connectivity index (χ2v) is 4.79. The summed E-state index contributed by atoms with van der Waals surface area (Å²) in [7, 11) is 1.71. The Labute approximate surface area is 99.5 Å². The van der Waals surface area contributed by atoms with E-state index in [0.717, 1.165) is 12.8 Å². The number of rotatable bonds is 8. The molecule has 0 saturated carbocycles. The van der Waals surface area contributed by atoms with Crippen LogP contribution in [0.4, 0.5) is 0 Å². The Morgan fingerprint density at radius 1 is 1.00 bits per heavy atom. The second-order valence-electron chi connectivity index (χ2n) is 4.79. The molecule has 4 unspecified atom stereocenters. The summed E-state index contributed by atoms with van der Waals surface area (Å²) in [6, 6.07) is 0. The molecule has 0 heterocycles. The third-order valence-corrected chi connectivity index (χ3v) is 2.91. The molecule has 0 spiro atoms. The lowest BCUT2D eigenvalue weighted by atomic mass is 10.0. The van der Waals surface area contributed by atoms with Gasteiger partial charge in [-0.3, -0.25) is 4.79 Å². The van der Waals surface area contributed by atoms with E-state index in [4.69, 9.17) is 9.47 Å². The number of carbonyl (C=O) groups excluding carboxylic acids is 1. The van der Waals surface area contributed by atoms with Crippen LogP contribution in [0.25, 0.3) is 0 Å². The summed E-state index contributed by atoms with van der Waals surface area (Å²) < 4.78 is 11.0. The molecule has 0 rings (SSSR count). The Hall–Kier alpha value is -0.410. The molecule has 0 aromatic rings. The summed E-state index contributed by atoms with van der Waals surface area (Å²) in [6.07, 6.45) is 2.19. The number of ketones is 1. The van der Waals surface area contributed by atoms with Crippen LogP contribution in [0, 0.1) is 5.92 Å². The minimum Gasteiger partial charge on any atom is -0.382 e. The van der Waals surface area contributed by atoms with Gasteiger partial charge in [-0.05, 0) is 40.5 Å². The van der Waals surface area contributed by atoms with Crippen molar-refractivity contribution < 1.29 is 14.3 Å². The van der Waals surface area contributed by atoms with Crippen molar-refractivity contribution in [2.45, 2.75) is 65.8 Å². The van der Waals surface area contributed by atoms with Crippen LogP contribution in [0.15, 0.2) is 0 Å². The van der Waals surface area contributed by atoms with Crippen LogP contribution < -0.4 is 0 Å². The normalized spacial score (nSPS) is 18.9. The van der Waals surface area contributed by atoms with Crippen LogP contribution in [0.5, 0.6) is 0 Å². The van der Waals surface area contributed by atoms with Gasteiger partial charge in [0.25, 0.3) is 0 Å². The van der Waals surface area contributed by atoms with Crippen LogP contribution in [-0.4, -0.2) is 31.2 Å². The predicted octanol–water partition coefficient (Wildman–Crippen LogP) is 2.82. The van der Waals surface area contributed by atoms with Gasteiger partial charge in [-0.15, -0.1) is 0 Å². The first kappa shape index (κ1) is 15.6. The average Bonchev–Trinajstić information content (AvgIpc) is 2.16. The van der Waals surface area contributed by atoms with Crippen molar-refractivity contribution in [1.29, 1.82) is 0 Å². The van der Waals surface area contributed by atoms with Crippen molar-refractivity contribution in [2.24, 2.45) is 5.92 Å². The summed E-state index contributed by atoms with van der Waals surface area (Å²) in [6.45, 7) is 9.68. The Balaban J connectivity index is 3.86. The highest BCUT2D eigenvalue weighted by Gasteiger charge is 2.16. The van der Waals surface area contributed by atoms with E-state index in [-0.39, 0.29) is 30.0 Å². The van der Waals surface area contributed by atoms with Crippen LogP contribution >= 0.6 is 0 Å². The number of hydrogen-bond donors (Lipinski definition) is 0. The highest BCUT2D eigenvalue weighted by Crippen LogP contribution is 2.14. The second kappa shape index (κ2) is 7.80. The molecule has 16 heavy (non-hydrogen) atoms. The van der Waals surface area contributed by atoms with Gasteiger partial charge in [-0.2, -0.15) is 0 Å². The van der Waals surface area contributed by atoms with Gasteiger partial charge in [0, 0.05) is 13.0 Å². The number of carbonyl (C=O) groups is 1. The SMILES string of the molecule is COC(C)CC(C)OC(C)CC(C)C(C)=O. The van der Waals surface area contributed by atoms with Crippen molar-refractivity contribution >= 4 is 5.78 Å². The first-order valence-corrected chi connectivity index (χ1v) is 6.05. The molecule has 3 nitrogen and oxygen atoms in total. The summed E-state index contributed by atoms with van der Waals surface area (Å²) in [5, 5.41) is 0. The van der Waals surface area contributed by atoms with Gasteiger partial charge >= 0.3 is 0 Å². The highest BCUT2D eigenvalue weighted by atomic mass is 16.5. The van der Waals surface area contributed by atoms with Crippen molar-refractivity contribution in [2.75, 3.05) is 7.11 Å². The third kappa shape index (κ3) is 6.96. The van der Waals surface area contributed by atoms with Crippen molar-refractivity contribution in [3.05, 3.63) is 0 Å². The summed E-state index contributed by atoms with van der Waals surface area (Å²) in [5.41, 5.74) is 0. The summed E-state index contributed by atoms with van der Waals surface area (Å²) in [5.74, 6) is 0.315. The average molecular weight is 230 g/mol.